The van der Waals surface area contributed by atoms with Crippen LogP contribution in [0, 0.1) is 0 Å². The van der Waals surface area contributed by atoms with Gasteiger partial charge >= 0.3 is 0 Å². The quantitative estimate of drug-likeness (QED) is 0.642. The van der Waals surface area contributed by atoms with Crippen molar-refractivity contribution >= 4 is 0 Å². The molecular weight excluding hydrogens is 138 g/mol. The van der Waals surface area contributed by atoms with Gasteiger partial charge in [-0.2, -0.15) is 0 Å². The monoisotopic (exact) mass is 151 g/mol. The fourth-order valence-electron chi connectivity index (χ4n) is 1.74. The van der Waals surface area contributed by atoms with Crippen molar-refractivity contribution in [1.82, 2.24) is 9.55 Å². The third kappa shape index (κ3) is 1.05. The third-order valence-electron chi connectivity index (χ3n) is 2.35. The van der Waals surface area contributed by atoms with E-state index in [2.05, 4.69) is 9.55 Å². The second-order valence-electron chi connectivity index (χ2n) is 3.03. The molecule has 2 N–H and O–H groups in total. The van der Waals surface area contributed by atoms with Gasteiger partial charge in [0.15, 0.2) is 0 Å². The van der Waals surface area contributed by atoms with Crippen LogP contribution < -0.4 is 5.73 Å². The van der Waals surface area contributed by atoms with E-state index in [1.165, 1.54) is 18.7 Å². The zero-order valence-corrected chi connectivity index (χ0v) is 6.53. The predicted molar refractivity (Wildman–Crippen MR) is 43.3 cm³/mol. The van der Waals surface area contributed by atoms with E-state index >= 15 is 0 Å². The Hall–Kier alpha value is -0.830. The fourth-order valence-corrected chi connectivity index (χ4v) is 1.74. The first kappa shape index (κ1) is 6.85. The summed E-state index contributed by atoms with van der Waals surface area (Å²) in [7, 11) is 0. The number of aryl methyl sites for hydroxylation is 1. The molecule has 1 aromatic heterocycles. The Balaban J connectivity index is 2.32. The van der Waals surface area contributed by atoms with Crippen molar-refractivity contribution in [3.63, 3.8) is 0 Å². The lowest BCUT2D eigenvalue weighted by Gasteiger charge is -2.23. The molecule has 0 aromatic carbocycles. The number of hydrogen-bond acceptors (Lipinski definition) is 2. The Morgan fingerprint density at radius 3 is 3.45 bits per heavy atom. The lowest BCUT2D eigenvalue weighted by atomic mass is 10.1. The summed E-state index contributed by atoms with van der Waals surface area (Å²) in [5.74, 6) is 1.20. The molecule has 0 aliphatic carbocycles. The molecule has 0 fully saturated rings. The van der Waals surface area contributed by atoms with E-state index in [0.29, 0.717) is 6.04 Å². The highest BCUT2D eigenvalue weighted by Gasteiger charge is 2.17. The average Bonchev–Trinajstić information content (AvgIpc) is 2.50. The standard InChI is InChI=1S/C8H13N3/c9-6-7-2-1-3-8-10-4-5-11(7)8/h4-5,7H,1-3,6,9H2/t7-/m0/s1. The van der Waals surface area contributed by atoms with Crippen LogP contribution in [0.25, 0.3) is 0 Å². The largest absolute Gasteiger partial charge is 0.331 e. The number of nitrogens with zero attached hydrogens (tertiary/aromatic N) is 2. The summed E-state index contributed by atoms with van der Waals surface area (Å²) in [4.78, 5) is 4.26. The van der Waals surface area contributed by atoms with E-state index in [9.17, 15) is 0 Å². The van der Waals surface area contributed by atoms with Crippen LogP contribution in [0.15, 0.2) is 12.4 Å². The molecule has 1 atom stereocenters. The zero-order valence-electron chi connectivity index (χ0n) is 6.53. The van der Waals surface area contributed by atoms with Gasteiger partial charge in [0.25, 0.3) is 0 Å². The molecule has 1 aliphatic rings. The van der Waals surface area contributed by atoms with E-state index in [4.69, 9.17) is 5.73 Å². The third-order valence-corrected chi connectivity index (χ3v) is 2.35. The van der Waals surface area contributed by atoms with Gasteiger partial charge in [-0.15, -0.1) is 0 Å². The maximum Gasteiger partial charge on any atom is 0.108 e. The zero-order chi connectivity index (χ0) is 7.68. The second kappa shape index (κ2) is 2.66. The first-order valence-corrected chi connectivity index (χ1v) is 4.13. The molecule has 1 aromatic rings. The summed E-state index contributed by atoms with van der Waals surface area (Å²) in [5, 5.41) is 0. The minimum atomic E-state index is 0.501. The van der Waals surface area contributed by atoms with E-state index < -0.39 is 0 Å². The van der Waals surface area contributed by atoms with Crippen LogP contribution in [0.1, 0.15) is 24.7 Å². The van der Waals surface area contributed by atoms with Gasteiger partial charge in [-0.25, -0.2) is 4.98 Å². The lowest BCUT2D eigenvalue weighted by Crippen LogP contribution is -2.24. The number of fused-ring (bicyclic) bond motifs is 1. The summed E-state index contributed by atoms with van der Waals surface area (Å²) in [6.45, 7) is 0.739. The normalized spacial score (nSPS) is 23.2. The number of rotatable bonds is 1. The van der Waals surface area contributed by atoms with Crippen LogP contribution >= 0.6 is 0 Å². The van der Waals surface area contributed by atoms with Crippen LogP contribution in [0.4, 0.5) is 0 Å². The van der Waals surface area contributed by atoms with Gasteiger partial charge in [0.2, 0.25) is 0 Å². The van der Waals surface area contributed by atoms with E-state index in [1.807, 2.05) is 12.4 Å². The number of imidazole rings is 1. The van der Waals surface area contributed by atoms with Crippen LogP contribution in [0.3, 0.4) is 0 Å². The Morgan fingerprint density at radius 1 is 1.73 bits per heavy atom. The smallest absolute Gasteiger partial charge is 0.108 e. The maximum atomic E-state index is 5.63. The molecule has 60 valence electrons. The lowest BCUT2D eigenvalue weighted by molar-refractivity contribution is 0.404. The van der Waals surface area contributed by atoms with Crippen molar-refractivity contribution < 1.29 is 0 Å². The van der Waals surface area contributed by atoms with Crippen molar-refractivity contribution in [3.05, 3.63) is 18.2 Å². The van der Waals surface area contributed by atoms with Gasteiger partial charge in [-0.3, -0.25) is 0 Å². The van der Waals surface area contributed by atoms with Crippen molar-refractivity contribution in [2.45, 2.75) is 25.3 Å². The van der Waals surface area contributed by atoms with Crippen molar-refractivity contribution in [3.8, 4) is 0 Å². The molecule has 0 bridgehead atoms. The summed E-state index contributed by atoms with van der Waals surface area (Å²) in [5.41, 5.74) is 5.63. The Kier molecular flexibility index (Phi) is 1.66. The molecule has 0 radical (unpaired) electrons. The Bertz CT molecular complexity index is 241. The van der Waals surface area contributed by atoms with Gasteiger partial charge in [0.1, 0.15) is 5.82 Å². The number of aromatic nitrogens is 2. The van der Waals surface area contributed by atoms with Crippen LogP contribution in [0.5, 0.6) is 0 Å². The molecule has 3 nitrogen and oxygen atoms in total. The maximum absolute atomic E-state index is 5.63. The van der Waals surface area contributed by atoms with Crippen molar-refractivity contribution in [2.75, 3.05) is 6.54 Å². The molecular formula is C8H13N3. The molecule has 11 heavy (non-hydrogen) atoms. The molecule has 2 rings (SSSR count). The molecule has 0 saturated carbocycles. The molecule has 0 amide bonds. The van der Waals surface area contributed by atoms with Gasteiger partial charge in [-0.05, 0) is 12.8 Å². The highest BCUT2D eigenvalue weighted by Crippen LogP contribution is 2.21. The summed E-state index contributed by atoms with van der Waals surface area (Å²) in [6, 6.07) is 0.501. The molecule has 2 heterocycles. The number of nitrogens with two attached hydrogens (primary N) is 1. The first-order valence-electron chi connectivity index (χ1n) is 4.13. The van der Waals surface area contributed by atoms with Crippen molar-refractivity contribution in [1.29, 1.82) is 0 Å². The van der Waals surface area contributed by atoms with Gasteiger partial charge in [-0.1, -0.05) is 0 Å². The number of hydrogen-bond donors (Lipinski definition) is 1. The minimum absolute atomic E-state index is 0.501. The molecule has 0 unspecified atom stereocenters. The Labute approximate surface area is 66.2 Å². The van der Waals surface area contributed by atoms with Crippen LogP contribution in [-0.4, -0.2) is 16.1 Å². The molecule has 0 spiro atoms. The van der Waals surface area contributed by atoms with E-state index in [1.54, 1.807) is 0 Å². The topological polar surface area (TPSA) is 43.8 Å². The van der Waals surface area contributed by atoms with Gasteiger partial charge < -0.3 is 10.3 Å². The van der Waals surface area contributed by atoms with Crippen LogP contribution in [0.2, 0.25) is 0 Å². The fraction of sp³-hybridized carbons (Fsp3) is 0.625. The van der Waals surface area contributed by atoms with E-state index in [-0.39, 0.29) is 0 Å². The highest BCUT2D eigenvalue weighted by molar-refractivity contribution is 4.99. The minimum Gasteiger partial charge on any atom is -0.331 e. The molecule has 3 heteroatoms. The van der Waals surface area contributed by atoms with E-state index in [0.717, 1.165) is 13.0 Å². The summed E-state index contributed by atoms with van der Waals surface area (Å²) in [6.07, 6.45) is 7.46. The molecule has 1 aliphatic heterocycles. The summed E-state index contributed by atoms with van der Waals surface area (Å²) >= 11 is 0. The second-order valence-corrected chi connectivity index (χ2v) is 3.03. The highest BCUT2D eigenvalue weighted by atomic mass is 15.1. The average molecular weight is 151 g/mol. The van der Waals surface area contributed by atoms with Gasteiger partial charge in [0.05, 0.1) is 0 Å². The van der Waals surface area contributed by atoms with Crippen molar-refractivity contribution in [2.24, 2.45) is 5.73 Å². The SMILES string of the molecule is NC[C@@H]1CCCc2nccn21. The first-order chi connectivity index (χ1) is 5.42. The predicted octanol–water partition coefficient (Wildman–Crippen LogP) is 0.719. The van der Waals surface area contributed by atoms with Gasteiger partial charge in [0, 0.05) is 31.4 Å². The summed E-state index contributed by atoms with van der Waals surface area (Å²) < 4.78 is 2.21. The Morgan fingerprint density at radius 2 is 2.64 bits per heavy atom. The van der Waals surface area contributed by atoms with Crippen LogP contribution in [-0.2, 0) is 6.42 Å². The molecule has 0 saturated heterocycles.